The maximum Gasteiger partial charge on any atom is 0.142 e. The van der Waals surface area contributed by atoms with Crippen molar-refractivity contribution in [1.29, 1.82) is 0 Å². The molecular formula is C13H8BrFN2O2. The van der Waals surface area contributed by atoms with E-state index >= 15 is 0 Å². The lowest BCUT2D eigenvalue weighted by Gasteiger charge is -2.01. The summed E-state index contributed by atoms with van der Waals surface area (Å²) in [7, 11) is 0. The summed E-state index contributed by atoms with van der Waals surface area (Å²) in [5.41, 5.74) is 1.43. The largest absolute Gasteiger partial charge is 0.508 e. The molecule has 0 unspecified atom stereocenters. The fourth-order valence-corrected chi connectivity index (χ4v) is 2.18. The molecule has 0 saturated heterocycles. The third-order valence-electron chi connectivity index (χ3n) is 2.76. The van der Waals surface area contributed by atoms with Crippen LogP contribution in [0, 0.1) is 5.82 Å². The van der Waals surface area contributed by atoms with Crippen molar-refractivity contribution < 1.29 is 14.6 Å². The summed E-state index contributed by atoms with van der Waals surface area (Å²) < 4.78 is 13.7. The topological polar surface area (TPSA) is 69.1 Å². The summed E-state index contributed by atoms with van der Waals surface area (Å²) in [6, 6.07) is 6.99. The molecule has 3 rings (SSSR count). The van der Waals surface area contributed by atoms with Gasteiger partial charge in [-0.2, -0.15) is 0 Å². The Morgan fingerprint density at radius 1 is 1.16 bits per heavy atom. The van der Waals surface area contributed by atoms with E-state index < -0.39 is 5.82 Å². The number of benzene rings is 2. The number of hydrogen-bond acceptors (Lipinski definition) is 3. The molecule has 0 aliphatic carbocycles. The Morgan fingerprint density at radius 2 is 1.95 bits per heavy atom. The predicted octanol–water partition coefficient (Wildman–Crippen LogP) is 3.54. The summed E-state index contributed by atoms with van der Waals surface area (Å²) in [6.45, 7) is 0. The van der Waals surface area contributed by atoms with E-state index in [1.54, 1.807) is 6.07 Å². The SMILES string of the molecule is Oc1ccc(O)c(-c2nc3cc(Br)c(F)cc3[nH]2)c1. The lowest BCUT2D eigenvalue weighted by Crippen LogP contribution is -1.81. The minimum atomic E-state index is -0.400. The summed E-state index contributed by atoms with van der Waals surface area (Å²) in [5, 5.41) is 19.2. The van der Waals surface area contributed by atoms with Gasteiger partial charge in [-0.15, -0.1) is 0 Å². The average molecular weight is 323 g/mol. The average Bonchev–Trinajstić information content (AvgIpc) is 2.75. The summed E-state index contributed by atoms with van der Waals surface area (Å²) in [4.78, 5) is 7.17. The number of nitrogens with zero attached hydrogens (tertiary/aromatic N) is 1. The Bertz CT molecular complexity index is 747. The Labute approximate surface area is 115 Å². The molecule has 0 radical (unpaired) electrons. The first-order valence-electron chi connectivity index (χ1n) is 5.42. The van der Waals surface area contributed by atoms with Gasteiger partial charge in [0.05, 0.1) is 21.1 Å². The zero-order chi connectivity index (χ0) is 13.6. The molecule has 6 heteroatoms. The van der Waals surface area contributed by atoms with Crippen LogP contribution in [0.3, 0.4) is 0 Å². The molecule has 0 aliphatic heterocycles. The highest BCUT2D eigenvalue weighted by atomic mass is 79.9. The van der Waals surface area contributed by atoms with Crippen molar-refractivity contribution in [3.05, 3.63) is 40.6 Å². The van der Waals surface area contributed by atoms with Crippen molar-refractivity contribution >= 4 is 27.0 Å². The van der Waals surface area contributed by atoms with Crippen LogP contribution in [0.15, 0.2) is 34.8 Å². The van der Waals surface area contributed by atoms with E-state index in [0.717, 1.165) is 0 Å². The van der Waals surface area contributed by atoms with Gasteiger partial charge in [0.1, 0.15) is 23.1 Å². The van der Waals surface area contributed by atoms with Gasteiger partial charge in [-0.1, -0.05) is 0 Å². The van der Waals surface area contributed by atoms with Crippen LogP contribution >= 0.6 is 15.9 Å². The van der Waals surface area contributed by atoms with E-state index in [-0.39, 0.29) is 11.5 Å². The van der Waals surface area contributed by atoms with Gasteiger partial charge >= 0.3 is 0 Å². The first kappa shape index (κ1) is 12.0. The van der Waals surface area contributed by atoms with Gasteiger partial charge in [-0.05, 0) is 40.2 Å². The molecule has 0 bridgehead atoms. The summed E-state index contributed by atoms with van der Waals surface area (Å²) in [5.74, 6) is -0.0410. The maximum atomic E-state index is 13.4. The predicted molar refractivity (Wildman–Crippen MR) is 72.5 cm³/mol. The van der Waals surface area contributed by atoms with Gasteiger partial charge in [0.25, 0.3) is 0 Å². The Morgan fingerprint density at radius 3 is 2.74 bits per heavy atom. The van der Waals surface area contributed by atoms with Gasteiger partial charge in [0.2, 0.25) is 0 Å². The molecule has 96 valence electrons. The van der Waals surface area contributed by atoms with Gasteiger partial charge in [-0.25, -0.2) is 9.37 Å². The minimum Gasteiger partial charge on any atom is -0.508 e. The van der Waals surface area contributed by atoms with E-state index in [0.29, 0.717) is 26.9 Å². The van der Waals surface area contributed by atoms with Gasteiger partial charge in [0, 0.05) is 6.07 Å². The molecule has 0 aliphatic rings. The maximum absolute atomic E-state index is 13.4. The van der Waals surface area contributed by atoms with Crippen LogP contribution in [-0.2, 0) is 0 Å². The second-order valence-electron chi connectivity index (χ2n) is 4.07. The number of imidazole rings is 1. The quantitative estimate of drug-likeness (QED) is 0.600. The van der Waals surface area contributed by atoms with Crippen LogP contribution in [0.2, 0.25) is 0 Å². The number of phenols is 2. The standard InChI is InChI=1S/C13H8BrFN2O2/c14-8-4-10-11(5-9(8)15)17-13(16-10)7-3-6(18)1-2-12(7)19/h1-5,18-19H,(H,16,17). The Kier molecular flexibility index (Phi) is 2.67. The Balaban J connectivity index is 2.23. The van der Waals surface area contributed by atoms with Crippen LogP contribution in [0.25, 0.3) is 22.4 Å². The van der Waals surface area contributed by atoms with E-state index in [9.17, 15) is 14.6 Å². The first-order chi connectivity index (χ1) is 9.04. The number of aromatic hydroxyl groups is 2. The van der Waals surface area contributed by atoms with Crippen LogP contribution in [-0.4, -0.2) is 20.2 Å². The number of phenolic OH excluding ortho intramolecular Hbond substituents is 2. The monoisotopic (exact) mass is 322 g/mol. The van der Waals surface area contributed by atoms with Crippen molar-refractivity contribution in [2.24, 2.45) is 0 Å². The zero-order valence-electron chi connectivity index (χ0n) is 9.48. The summed E-state index contributed by atoms with van der Waals surface area (Å²) >= 11 is 3.09. The lowest BCUT2D eigenvalue weighted by molar-refractivity contribution is 0.461. The number of fused-ring (bicyclic) bond motifs is 1. The van der Waals surface area contributed by atoms with Crippen molar-refractivity contribution in [1.82, 2.24) is 9.97 Å². The number of nitrogens with one attached hydrogen (secondary N) is 1. The number of H-pyrrole nitrogens is 1. The molecule has 1 heterocycles. The fourth-order valence-electron chi connectivity index (χ4n) is 1.85. The third-order valence-corrected chi connectivity index (χ3v) is 3.37. The highest BCUT2D eigenvalue weighted by Gasteiger charge is 2.12. The van der Waals surface area contributed by atoms with Crippen LogP contribution in [0.5, 0.6) is 11.5 Å². The molecule has 0 fully saturated rings. The molecule has 3 aromatic rings. The van der Waals surface area contributed by atoms with Gasteiger partial charge in [0.15, 0.2) is 0 Å². The van der Waals surface area contributed by atoms with Gasteiger partial charge < -0.3 is 15.2 Å². The molecule has 0 atom stereocenters. The zero-order valence-corrected chi connectivity index (χ0v) is 11.1. The summed E-state index contributed by atoms with van der Waals surface area (Å²) in [6.07, 6.45) is 0. The first-order valence-corrected chi connectivity index (χ1v) is 6.21. The van der Waals surface area contributed by atoms with E-state index in [2.05, 4.69) is 25.9 Å². The normalized spacial score (nSPS) is 11.1. The second kappa shape index (κ2) is 4.24. The molecule has 0 amide bonds. The van der Waals surface area contributed by atoms with Crippen LogP contribution in [0.4, 0.5) is 4.39 Å². The van der Waals surface area contributed by atoms with Crippen molar-refractivity contribution in [3.63, 3.8) is 0 Å². The number of aromatic nitrogens is 2. The fraction of sp³-hybridized carbons (Fsp3) is 0. The van der Waals surface area contributed by atoms with E-state index in [4.69, 9.17) is 0 Å². The molecule has 4 nitrogen and oxygen atoms in total. The van der Waals surface area contributed by atoms with E-state index in [1.165, 1.54) is 24.3 Å². The van der Waals surface area contributed by atoms with Gasteiger partial charge in [-0.3, -0.25) is 0 Å². The smallest absolute Gasteiger partial charge is 0.142 e. The molecule has 2 aromatic carbocycles. The van der Waals surface area contributed by atoms with Crippen molar-refractivity contribution in [2.45, 2.75) is 0 Å². The molecular weight excluding hydrogens is 315 g/mol. The van der Waals surface area contributed by atoms with E-state index in [1.807, 2.05) is 0 Å². The number of rotatable bonds is 1. The Hall–Kier alpha value is -2.08. The molecule has 3 N–H and O–H groups in total. The number of aromatic amines is 1. The third kappa shape index (κ3) is 2.04. The van der Waals surface area contributed by atoms with Crippen LogP contribution in [0.1, 0.15) is 0 Å². The minimum absolute atomic E-state index is 0.0145. The second-order valence-corrected chi connectivity index (χ2v) is 4.92. The molecule has 1 aromatic heterocycles. The number of halogens is 2. The highest BCUT2D eigenvalue weighted by molar-refractivity contribution is 9.10. The van der Waals surface area contributed by atoms with Crippen molar-refractivity contribution in [3.8, 4) is 22.9 Å². The molecule has 0 spiro atoms. The highest BCUT2D eigenvalue weighted by Crippen LogP contribution is 2.32. The molecule has 0 saturated carbocycles. The van der Waals surface area contributed by atoms with Crippen molar-refractivity contribution in [2.75, 3.05) is 0 Å². The van der Waals surface area contributed by atoms with Crippen LogP contribution < -0.4 is 0 Å². The molecule has 19 heavy (non-hydrogen) atoms. The number of hydrogen-bond donors (Lipinski definition) is 3. The lowest BCUT2D eigenvalue weighted by atomic mass is 10.2.